The molecule has 0 aromatic heterocycles. The van der Waals surface area contributed by atoms with Gasteiger partial charge in [0.05, 0.1) is 0 Å². The van der Waals surface area contributed by atoms with Gasteiger partial charge in [-0.2, -0.15) is 0 Å². The van der Waals surface area contributed by atoms with Crippen LogP contribution in [0.2, 0.25) is 10.0 Å². The summed E-state index contributed by atoms with van der Waals surface area (Å²) in [5, 5.41) is 4.26. The van der Waals surface area contributed by atoms with Crippen molar-refractivity contribution in [3.05, 3.63) is 99.5 Å². The lowest BCUT2D eigenvalue weighted by Crippen LogP contribution is -2.52. The maximum absolute atomic E-state index is 13.8. The molecule has 4 rings (SSSR count). The summed E-state index contributed by atoms with van der Waals surface area (Å²) in [6, 6.07) is 23.0. The van der Waals surface area contributed by atoms with Crippen molar-refractivity contribution >= 4 is 46.8 Å². The van der Waals surface area contributed by atoms with Gasteiger partial charge in [-0.1, -0.05) is 90.1 Å². The number of aryl methyl sites for hydroxylation is 1. The zero-order valence-corrected chi connectivity index (χ0v) is 24.0. The Morgan fingerprint density at radius 1 is 1.00 bits per heavy atom. The van der Waals surface area contributed by atoms with Crippen LogP contribution in [-0.4, -0.2) is 34.6 Å². The summed E-state index contributed by atoms with van der Waals surface area (Å²) >= 11 is 14.3. The smallest absolute Gasteiger partial charge is 0.243 e. The van der Waals surface area contributed by atoms with Crippen LogP contribution in [0.25, 0.3) is 0 Å². The molecule has 0 unspecified atom stereocenters. The van der Waals surface area contributed by atoms with Crippen molar-refractivity contribution < 1.29 is 9.59 Å². The monoisotopic (exact) mass is 568 g/mol. The number of carbonyl (C=O) groups is 2. The molecule has 1 aliphatic rings. The third-order valence-electron chi connectivity index (χ3n) is 6.93. The SMILES string of the molecule is Cc1ccc(SCCC(=O)N(Cc2ccc(Cl)cc2Cl)[C@H](Cc2ccccc2)C(=O)NC2CCCC2)cc1. The van der Waals surface area contributed by atoms with Crippen LogP contribution in [-0.2, 0) is 22.6 Å². The summed E-state index contributed by atoms with van der Waals surface area (Å²) in [5.41, 5.74) is 2.98. The minimum absolute atomic E-state index is 0.0712. The van der Waals surface area contributed by atoms with E-state index >= 15 is 0 Å². The van der Waals surface area contributed by atoms with Gasteiger partial charge < -0.3 is 10.2 Å². The first-order chi connectivity index (χ1) is 18.4. The molecule has 1 atom stereocenters. The molecule has 3 aromatic carbocycles. The first-order valence-electron chi connectivity index (χ1n) is 13.2. The molecule has 0 bridgehead atoms. The van der Waals surface area contributed by atoms with Gasteiger partial charge in [-0.15, -0.1) is 11.8 Å². The summed E-state index contributed by atoms with van der Waals surface area (Å²) in [4.78, 5) is 30.4. The first-order valence-corrected chi connectivity index (χ1v) is 14.9. The molecule has 3 aromatic rings. The number of thioether (sulfide) groups is 1. The topological polar surface area (TPSA) is 49.4 Å². The highest BCUT2D eigenvalue weighted by Gasteiger charge is 2.32. The lowest BCUT2D eigenvalue weighted by Gasteiger charge is -2.32. The minimum atomic E-state index is -0.651. The first kappa shape index (κ1) is 28.5. The third kappa shape index (κ3) is 8.26. The van der Waals surface area contributed by atoms with Crippen LogP contribution >= 0.6 is 35.0 Å². The second kappa shape index (κ2) is 14.1. The van der Waals surface area contributed by atoms with Crippen molar-refractivity contribution in [3.8, 4) is 0 Å². The fraction of sp³-hybridized carbons (Fsp3) is 0.355. The molecule has 1 saturated carbocycles. The van der Waals surface area contributed by atoms with E-state index in [-0.39, 0.29) is 24.4 Å². The van der Waals surface area contributed by atoms with Crippen molar-refractivity contribution in [1.82, 2.24) is 10.2 Å². The predicted octanol–water partition coefficient (Wildman–Crippen LogP) is 7.48. The largest absolute Gasteiger partial charge is 0.352 e. The fourth-order valence-corrected chi connectivity index (χ4v) is 6.10. The van der Waals surface area contributed by atoms with E-state index in [1.807, 2.05) is 36.4 Å². The highest BCUT2D eigenvalue weighted by molar-refractivity contribution is 7.99. The summed E-state index contributed by atoms with van der Waals surface area (Å²) in [6.07, 6.45) is 4.94. The molecule has 38 heavy (non-hydrogen) atoms. The van der Waals surface area contributed by atoms with E-state index in [9.17, 15) is 9.59 Å². The van der Waals surface area contributed by atoms with Crippen LogP contribution in [0, 0.1) is 6.92 Å². The molecule has 1 aliphatic carbocycles. The number of nitrogens with zero attached hydrogens (tertiary/aromatic N) is 1. The Morgan fingerprint density at radius 2 is 1.71 bits per heavy atom. The summed E-state index contributed by atoms with van der Waals surface area (Å²) in [7, 11) is 0. The molecular formula is C31H34Cl2N2O2S. The Hall–Kier alpha value is -2.47. The molecule has 0 saturated heterocycles. The van der Waals surface area contributed by atoms with Gasteiger partial charge in [-0.3, -0.25) is 9.59 Å². The molecule has 200 valence electrons. The predicted molar refractivity (Wildman–Crippen MR) is 158 cm³/mol. The van der Waals surface area contributed by atoms with Gasteiger partial charge in [0.2, 0.25) is 11.8 Å². The Kier molecular flexibility index (Phi) is 10.6. The standard InChI is InChI=1S/C31H34Cl2N2O2S/c1-22-11-15-27(16-12-22)38-18-17-30(36)35(21-24-13-14-25(32)20-28(24)33)29(19-23-7-3-2-4-8-23)31(37)34-26-9-5-6-10-26/h2-4,7-8,11-16,20,26,29H,5-6,9-10,17-19,21H2,1H3,(H,34,37)/t29-/m1/s1. The maximum Gasteiger partial charge on any atom is 0.243 e. The Balaban J connectivity index is 1.58. The number of halogens is 2. The Labute approximate surface area is 240 Å². The molecule has 1 fully saturated rings. The van der Waals surface area contributed by atoms with Crippen LogP contribution in [0.5, 0.6) is 0 Å². The lowest BCUT2D eigenvalue weighted by molar-refractivity contribution is -0.141. The van der Waals surface area contributed by atoms with Gasteiger partial charge in [0.25, 0.3) is 0 Å². The molecule has 0 aliphatic heterocycles. The van der Waals surface area contributed by atoms with Crippen LogP contribution < -0.4 is 5.32 Å². The molecular weight excluding hydrogens is 535 g/mol. The molecule has 2 amide bonds. The summed E-state index contributed by atoms with van der Waals surface area (Å²) in [6.45, 7) is 2.29. The number of hydrogen-bond donors (Lipinski definition) is 1. The highest BCUT2D eigenvalue weighted by atomic mass is 35.5. The van der Waals surface area contributed by atoms with E-state index in [1.54, 1.807) is 28.8 Å². The summed E-state index contributed by atoms with van der Waals surface area (Å²) in [5.74, 6) is 0.443. The van der Waals surface area contributed by atoms with Crippen molar-refractivity contribution in [2.24, 2.45) is 0 Å². The molecule has 0 heterocycles. The number of hydrogen-bond acceptors (Lipinski definition) is 3. The second-order valence-corrected chi connectivity index (χ2v) is 11.9. The molecule has 1 N–H and O–H groups in total. The van der Waals surface area contributed by atoms with Crippen molar-refractivity contribution in [1.29, 1.82) is 0 Å². The van der Waals surface area contributed by atoms with Gasteiger partial charge in [-0.25, -0.2) is 0 Å². The highest BCUT2D eigenvalue weighted by Crippen LogP contribution is 2.26. The van der Waals surface area contributed by atoms with Crippen molar-refractivity contribution in [2.75, 3.05) is 5.75 Å². The average Bonchev–Trinajstić information content (AvgIpc) is 3.42. The normalized spacial score (nSPS) is 14.3. The van der Waals surface area contributed by atoms with Crippen LogP contribution in [0.15, 0.2) is 77.7 Å². The Bertz CT molecular complexity index is 1210. The van der Waals surface area contributed by atoms with E-state index in [1.165, 1.54) is 5.56 Å². The number of carbonyl (C=O) groups excluding carboxylic acids is 2. The van der Waals surface area contributed by atoms with E-state index in [4.69, 9.17) is 23.2 Å². The molecule has 7 heteroatoms. The van der Waals surface area contributed by atoms with E-state index in [0.29, 0.717) is 28.6 Å². The number of amides is 2. The van der Waals surface area contributed by atoms with Gasteiger partial charge in [0.1, 0.15) is 6.04 Å². The van der Waals surface area contributed by atoms with E-state index in [0.717, 1.165) is 41.7 Å². The quantitative estimate of drug-likeness (QED) is 0.244. The van der Waals surface area contributed by atoms with Gasteiger partial charge in [0.15, 0.2) is 0 Å². The van der Waals surface area contributed by atoms with Crippen LogP contribution in [0.4, 0.5) is 0 Å². The van der Waals surface area contributed by atoms with Gasteiger partial charge in [0, 0.05) is 46.1 Å². The van der Waals surface area contributed by atoms with E-state index in [2.05, 4.69) is 36.5 Å². The number of nitrogens with one attached hydrogen (secondary N) is 1. The zero-order valence-electron chi connectivity index (χ0n) is 21.7. The van der Waals surface area contributed by atoms with Crippen LogP contribution in [0.1, 0.15) is 48.8 Å². The zero-order chi connectivity index (χ0) is 26.9. The van der Waals surface area contributed by atoms with E-state index < -0.39 is 6.04 Å². The molecule has 0 radical (unpaired) electrons. The molecule has 4 nitrogen and oxygen atoms in total. The minimum Gasteiger partial charge on any atom is -0.352 e. The summed E-state index contributed by atoms with van der Waals surface area (Å²) < 4.78 is 0. The number of rotatable bonds is 11. The van der Waals surface area contributed by atoms with Crippen LogP contribution in [0.3, 0.4) is 0 Å². The average molecular weight is 570 g/mol. The maximum atomic E-state index is 13.8. The third-order valence-corrected chi connectivity index (χ3v) is 8.53. The lowest BCUT2D eigenvalue weighted by atomic mass is 10.0. The van der Waals surface area contributed by atoms with Crippen molar-refractivity contribution in [3.63, 3.8) is 0 Å². The van der Waals surface area contributed by atoms with Gasteiger partial charge in [-0.05, 0) is 55.2 Å². The Morgan fingerprint density at radius 3 is 2.39 bits per heavy atom. The molecule has 0 spiro atoms. The fourth-order valence-electron chi connectivity index (χ4n) is 4.79. The van der Waals surface area contributed by atoms with Gasteiger partial charge >= 0.3 is 0 Å². The number of benzene rings is 3. The van der Waals surface area contributed by atoms with Crippen molar-refractivity contribution in [2.45, 2.75) is 69.0 Å². The second-order valence-electron chi connectivity index (χ2n) is 9.86.